The number of hydrogen-bond acceptors (Lipinski definition) is 3. The zero-order chi connectivity index (χ0) is 17.1. The molecule has 0 bridgehead atoms. The number of carbonyl (C=O) groups is 1. The van der Waals surface area contributed by atoms with Crippen LogP contribution in [-0.2, 0) is 11.2 Å². The number of hydrogen-bond donors (Lipinski definition) is 1. The Kier molecular flexibility index (Phi) is 4.60. The summed E-state index contributed by atoms with van der Waals surface area (Å²) in [5.74, 6) is 0.0301. The molecule has 1 N–H and O–H groups in total. The van der Waals surface area contributed by atoms with Gasteiger partial charge in [0.05, 0.1) is 5.69 Å². The van der Waals surface area contributed by atoms with E-state index in [9.17, 15) is 4.79 Å². The lowest BCUT2D eigenvalue weighted by molar-refractivity contribution is -0.116. The average Bonchev–Trinajstić information content (AvgIpc) is 2.98. The summed E-state index contributed by atoms with van der Waals surface area (Å²) in [4.78, 5) is 13.5. The minimum absolute atomic E-state index is 0.0301. The number of aromatic nitrogens is 3. The molecule has 124 valence electrons. The molecule has 0 saturated heterocycles. The van der Waals surface area contributed by atoms with Gasteiger partial charge in [0, 0.05) is 12.1 Å². The highest BCUT2D eigenvalue weighted by Gasteiger charge is 2.10. The maximum absolute atomic E-state index is 11.8. The van der Waals surface area contributed by atoms with E-state index in [0.29, 0.717) is 6.42 Å². The van der Waals surface area contributed by atoms with Crippen LogP contribution in [0.25, 0.3) is 16.7 Å². The van der Waals surface area contributed by atoms with Crippen LogP contribution in [0.15, 0.2) is 36.4 Å². The fourth-order valence-electron chi connectivity index (χ4n) is 2.62. The van der Waals surface area contributed by atoms with Crippen LogP contribution in [0.1, 0.15) is 37.8 Å². The van der Waals surface area contributed by atoms with Gasteiger partial charge in [0.1, 0.15) is 11.0 Å². The molecule has 0 atom stereocenters. The lowest BCUT2D eigenvalue weighted by atomic mass is 10.1. The van der Waals surface area contributed by atoms with Crippen molar-refractivity contribution in [2.45, 2.75) is 40.0 Å². The smallest absolute Gasteiger partial charge is 0.224 e. The summed E-state index contributed by atoms with van der Waals surface area (Å²) >= 11 is 0. The third kappa shape index (κ3) is 3.30. The molecule has 1 aromatic heterocycles. The quantitative estimate of drug-likeness (QED) is 0.771. The van der Waals surface area contributed by atoms with Crippen molar-refractivity contribution in [1.82, 2.24) is 15.0 Å². The zero-order valence-corrected chi connectivity index (χ0v) is 14.3. The molecular weight excluding hydrogens is 300 g/mol. The number of aryl methyl sites for hydroxylation is 2. The minimum atomic E-state index is 0.0301. The van der Waals surface area contributed by atoms with E-state index in [-0.39, 0.29) is 5.91 Å². The Morgan fingerprint density at radius 3 is 2.38 bits per heavy atom. The van der Waals surface area contributed by atoms with Crippen LogP contribution in [0.2, 0.25) is 0 Å². The van der Waals surface area contributed by atoms with Crippen LogP contribution >= 0.6 is 0 Å². The summed E-state index contributed by atoms with van der Waals surface area (Å²) < 4.78 is 0. The fourth-order valence-corrected chi connectivity index (χ4v) is 2.62. The van der Waals surface area contributed by atoms with E-state index < -0.39 is 0 Å². The van der Waals surface area contributed by atoms with E-state index in [1.54, 1.807) is 4.80 Å². The summed E-state index contributed by atoms with van der Waals surface area (Å²) in [6.45, 7) is 6.09. The van der Waals surface area contributed by atoms with Crippen molar-refractivity contribution in [2.24, 2.45) is 0 Å². The number of nitrogens with zero attached hydrogens (tertiary/aromatic N) is 3. The predicted molar refractivity (Wildman–Crippen MR) is 96.5 cm³/mol. The van der Waals surface area contributed by atoms with Gasteiger partial charge >= 0.3 is 0 Å². The molecule has 2 aromatic carbocycles. The van der Waals surface area contributed by atoms with E-state index in [1.807, 2.05) is 38.1 Å². The summed E-state index contributed by atoms with van der Waals surface area (Å²) in [7, 11) is 0. The first-order valence-corrected chi connectivity index (χ1v) is 8.37. The van der Waals surface area contributed by atoms with E-state index in [4.69, 9.17) is 0 Å². The molecular formula is C19H22N4O. The highest BCUT2D eigenvalue weighted by molar-refractivity contribution is 5.94. The molecule has 0 radical (unpaired) electrons. The third-order valence-corrected chi connectivity index (χ3v) is 4.05. The molecule has 5 nitrogen and oxygen atoms in total. The van der Waals surface area contributed by atoms with Gasteiger partial charge in [-0.3, -0.25) is 4.79 Å². The van der Waals surface area contributed by atoms with Crippen molar-refractivity contribution in [2.75, 3.05) is 5.32 Å². The molecule has 3 aromatic rings. The summed E-state index contributed by atoms with van der Waals surface area (Å²) in [5.41, 5.74) is 5.59. The lowest BCUT2D eigenvalue weighted by Crippen LogP contribution is -2.11. The molecule has 0 saturated carbocycles. The van der Waals surface area contributed by atoms with Crippen LogP contribution in [0, 0.1) is 6.92 Å². The van der Waals surface area contributed by atoms with Gasteiger partial charge in [-0.1, -0.05) is 26.0 Å². The normalized spacial score (nSPS) is 11.0. The van der Waals surface area contributed by atoms with Crippen molar-refractivity contribution in [3.63, 3.8) is 0 Å². The third-order valence-electron chi connectivity index (χ3n) is 4.05. The van der Waals surface area contributed by atoms with Gasteiger partial charge in [0.15, 0.2) is 0 Å². The van der Waals surface area contributed by atoms with E-state index >= 15 is 0 Å². The first-order valence-electron chi connectivity index (χ1n) is 8.37. The van der Waals surface area contributed by atoms with Crippen LogP contribution in [-0.4, -0.2) is 20.9 Å². The largest absolute Gasteiger partial charge is 0.326 e. The Bertz CT molecular complexity index is 865. The number of carbonyl (C=O) groups excluding carboxylic acids is 1. The molecule has 3 rings (SSSR count). The fraction of sp³-hybridized carbons (Fsp3) is 0.316. The summed E-state index contributed by atoms with van der Waals surface area (Å²) in [6.07, 6.45) is 2.36. The van der Waals surface area contributed by atoms with Gasteiger partial charge in [-0.05, 0) is 55.2 Å². The number of amides is 1. The number of fused-ring (bicyclic) bond motifs is 1. The molecule has 0 aliphatic rings. The monoisotopic (exact) mass is 322 g/mol. The van der Waals surface area contributed by atoms with Gasteiger partial charge in [-0.2, -0.15) is 4.80 Å². The van der Waals surface area contributed by atoms with Gasteiger partial charge in [0.25, 0.3) is 0 Å². The van der Waals surface area contributed by atoms with Crippen molar-refractivity contribution in [3.8, 4) is 5.69 Å². The second-order valence-corrected chi connectivity index (χ2v) is 5.96. The second kappa shape index (κ2) is 6.83. The zero-order valence-electron chi connectivity index (χ0n) is 14.3. The molecule has 0 aliphatic heterocycles. The van der Waals surface area contributed by atoms with Crippen molar-refractivity contribution in [1.29, 1.82) is 0 Å². The lowest BCUT2D eigenvalue weighted by Gasteiger charge is -2.07. The van der Waals surface area contributed by atoms with E-state index in [0.717, 1.165) is 40.8 Å². The Labute approximate surface area is 141 Å². The van der Waals surface area contributed by atoms with Gasteiger partial charge in [-0.15, -0.1) is 10.2 Å². The highest BCUT2D eigenvalue weighted by atomic mass is 16.1. The van der Waals surface area contributed by atoms with Gasteiger partial charge in [0.2, 0.25) is 5.91 Å². The Balaban J connectivity index is 1.94. The van der Waals surface area contributed by atoms with Crippen LogP contribution in [0.4, 0.5) is 5.69 Å². The first kappa shape index (κ1) is 16.2. The molecule has 24 heavy (non-hydrogen) atoms. The molecule has 5 heteroatoms. The first-order chi connectivity index (χ1) is 11.6. The Hall–Kier alpha value is -2.69. The molecule has 1 heterocycles. The van der Waals surface area contributed by atoms with Crippen molar-refractivity contribution < 1.29 is 4.79 Å². The van der Waals surface area contributed by atoms with Gasteiger partial charge in [-0.25, -0.2) is 0 Å². The summed E-state index contributed by atoms with van der Waals surface area (Å²) in [6, 6.07) is 12.1. The molecule has 0 aliphatic carbocycles. The maximum Gasteiger partial charge on any atom is 0.224 e. The minimum Gasteiger partial charge on any atom is -0.326 e. The summed E-state index contributed by atoms with van der Waals surface area (Å²) in [5, 5.41) is 12.0. The van der Waals surface area contributed by atoms with Crippen LogP contribution in [0.3, 0.4) is 0 Å². The molecule has 0 unspecified atom stereocenters. The Morgan fingerprint density at radius 1 is 1.08 bits per heavy atom. The predicted octanol–water partition coefficient (Wildman–Crippen LogP) is 4.03. The highest BCUT2D eigenvalue weighted by Crippen LogP contribution is 2.22. The number of rotatable bonds is 5. The maximum atomic E-state index is 11.8. The van der Waals surface area contributed by atoms with E-state index in [2.05, 4.69) is 34.6 Å². The molecule has 1 amide bonds. The van der Waals surface area contributed by atoms with Crippen molar-refractivity contribution >= 4 is 22.6 Å². The van der Waals surface area contributed by atoms with Crippen LogP contribution in [0.5, 0.6) is 0 Å². The standard InChI is InChI=1S/C19H22N4O/c1-4-6-19(24)20-16-12-18-17(11-13(16)3)21-23(22-18)15-9-7-14(5-2)8-10-15/h7-12H,4-6H2,1-3H3,(H,20,24). The van der Waals surface area contributed by atoms with Gasteiger partial charge < -0.3 is 5.32 Å². The average molecular weight is 322 g/mol. The van der Waals surface area contributed by atoms with Crippen LogP contribution < -0.4 is 5.32 Å². The molecule has 0 spiro atoms. The SMILES string of the molecule is CCCC(=O)Nc1cc2nn(-c3ccc(CC)cc3)nc2cc1C. The van der Waals surface area contributed by atoms with Crippen molar-refractivity contribution in [3.05, 3.63) is 47.5 Å². The number of nitrogens with one attached hydrogen (secondary N) is 1. The topological polar surface area (TPSA) is 59.8 Å². The molecule has 0 fully saturated rings. The number of benzene rings is 2. The van der Waals surface area contributed by atoms with E-state index in [1.165, 1.54) is 5.56 Å². The Morgan fingerprint density at radius 2 is 1.75 bits per heavy atom. The second-order valence-electron chi connectivity index (χ2n) is 5.96. The number of anilines is 1.